The van der Waals surface area contributed by atoms with E-state index in [2.05, 4.69) is 19.1 Å². The van der Waals surface area contributed by atoms with Crippen LogP contribution in [0.3, 0.4) is 0 Å². The number of amides is 1. The minimum Gasteiger partial charge on any atom is -0.340 e. The van der Waals surface area contributed by atoms with Crippen LogP contribution in [0.25, 0.3) is 10.2 Å². The molecular weight excluding hydrogens is 442 g/mol. The van der Waals surface area contributed by atoms with Gasteiger partial charge in [-0.3, -0.25) is 14.2 Å². The number of nitrogens with zero attached hydrogens (tertiary/aromatic N) is 5. The van der Waals surface area contributed by atoms with Crippen molar-refractivity contribution in [3.63, 3.8) is 0 Å². The maximum atomic E-state index is 13.4. The number of hydrogen-bond donors (Lipinski definition) is 0. The minimum absolute atomic E-state index is 0.0201. The Bertz CT molecular complexity index is 1070. The molecule has 9 heteroatoms. The molecule has 0 bridgehead atoms. The molecule has 0 atom stereocenters. The Morgan fingerprint density at radius 3 is 2.62 bits per heavy atom. The van der Waals surface area contributed by atoms with Crippen LogP contribution in [-0.2, 0) is 24.2 Å². The van der Waals surface area contributed by atoms with E-state index in [1.54, 1.807) is 20.8 Å². The Morgan fingerprint density at radius 2 is 1.94 bits per heavy atom. The van der Waals surface area contributed by atoms with Crippen molar-refractivity contribution in [1.82, 2.24) is 14.5 Å². The highest BCUT2D eigenvalue weighted by Crippen LogP contribution is 2.35. The van der Waals surface area contributed by atoms with Gasteiger partial charge in [0.05, 0.1) is 36.1 Å². The first-order valence-electron chi connectivity index (χ1n) is 11.3. The Morgan fingerprint density at radius 1 is 1.19 bits per heavy atom. The van der Waals surface area contributed by atoms with Gasteiger partial charge in [0, 0.05) is 24.5 Å². The largest absolute Gasteiger partial charge is 0.340 e. The van der Waals surface area contributed by atoms with E-state index in [4.69, 9.17) is 15.5 Å². The standard InChI is InChI=1S/C23H29N5O2S2/c1-2-3-4-5-15-28-22(30)20-17-9-6-10-18(17)32-21(20)26-23(28)31-16-19(29)27(13-7-11-24)14-8-12-25/h2-10,13-16H2,1H3. The lowest BCUT2D eigenvalue weighted by molar-refractivity contribution is -0.128. The second-order valence-electron chi connectivity index (χ2n) is 7.94. The molecule has 0 radical (unpaired) electrons. The Hall–Kier alpha value is -2.36. The van der Waals surface area contributed by atoms with Crippen molar-refractivity contribution in [2.24, 2.45) is 0 Å². The monoisotopic (exact) mass is 471 g/mol. The maximum Gasteiger partial charge on any atom is 0.263 e. The second kappa shape index (κ2) is 12.0. The van der Waals surface area contributed by atoms with Crippen LogP contribution in [0.1, 0.15) is 62.3 Å². The fourth-order valence-electron chi connectivity index (χ4n) is 4.01. The number of thiophene rings is 1. The molecule has 0 fully saturated rings. The second-order valence-corrected chi connectivity index (χ2v) is 9.96. The van der Waals surface area contributed by atoms with Gasteiger partial charge in [0.15, 0.2) is 5.16 Å². The van der Waals surface area contributed by atoms with Gasteiger partial charge in [0.1, 0.15) is 4.83 Å². The van der Waals surface area contributed by atoms with Gasteiger partial charge in [-0.05, 0) is 31.2 Å². The molecule has 1 aliphatic carbocycles. The lowest BCUT2D eigenvalue weighted by Crippen LogP contribution is -2.34. The zero-order chi connectivity index (χ0) is 22.9. The molecule has 0 unspecified atom stereocenters. The molecule has 0 spiro atoms. The first-order chi connectivity index (χ1) is 15.6. The van der Waals surface area contributed by atoms with E-state index in [0.29, 0.717) is 24.8 Å². The first kappa shape index (κ1) is 24.3. The Kier molecular flexibility index (Phi) is 9.13. The topological polar surface area (TPSA) is 103 Å². The summed E-state index contributed by atoms with van der Waals surface area (Å²) < 4.78 is 1.76. The van der Waals surface area contributed by atoms with Gasteiger partial charge in [0.25, 0.3) is 5.56 Å². The third kappa shape index (κ3) is 5.70. The van der Waals surface area contributed by atoms with E-state index in [-0.39, 0.29) is 30.1 Å². The molecule has 3 rings (SSSR count). The highest BCUT2D eigenvalue weighted by atomic mass is 32.2. The van der Waals surface area contributed by atoms with Crippen LogP contribution in [0.15, 0.2) is 9.95 Å². The molecule has 0 aliphatic heterocycles. The third-order valence-electron chi connectivity index (χ3n) is 5.69. The molecule has 0 saturated carbocycles. The molecule has 32 heavy (non-hydrogen) atoms. The Labute approximate surface area is 197 Å². The number of carbonyl (C=O) groups is 1. The number of nitriles is 2. The predicted octanol–water partition coefficient (Wildman–Crippen LogP) is 4.28. The van der Waals surface area contributed by atoms with Crippen LogP contribution in [0.4, 0.5) is 0 Å². The van der Waals surface area contributed by atoms with Gasteiger partial charge in [-0.2, -0.15) is 10.5 Å². The highest BCUT2D eigenvalue weighted by Gasteiger charge is 2.24. The zero-order valence-electron chi connectivity index (χ0n) is 18.6. The van der Waals surface area contributed by atoms with Crippen LogP contribution < -0.4 is 5.56 Å². The van der Waals surface area contributed by atoms with Gasteiger partial charge in [-0.1, -0.05) is 37.9 Å². The van der Waals surface area contributed by atoms with Gasteiger partial charge in [-0.25, -0.2) is 4.98 Å². The first-order valence-corrected chi connectivity index (χ1v) is 13.1. The molecule has 0 aromatic carbocycles. The number of aromatic nitrogens is 2. The van der Waals surface area contributed by atoms with Gasteiger partial charge < -0.3 is 4.90 Å². The smallest absolute Gasteiger partial charge is 0.263 e. The molecule has 1 aliphatic rings. The van der Waals surface area contributed by atoms with E-state index in [0.717, 1.165) is 55.2 Å². The number of carbonyl (C=O) groups excluding carboxylic acids is 1. The van der Waals surface area contributed by atoms with E-state index in [9.17, 15) is 9.59 Å². The summed E-state index contributed by atoms with van der Waals surface area (Å²) in [5.74, 6) is -0.00413. The summed E-state index contributed by atoms with van der Waals surface area (Å²) in [7, 11) is 0. The lowest BCUT2D eigenvalue weighted by Gasteiger charge is -2.20. The number of unbranched alkanes of at least 4 members (excludes halogenated alkanes) is 3. The van der Waals surface area contributed by atoms with Crippen LogP contribution in [0, 0.1) is 22.7 Å². The predicted molar refractivity (Wildman–Crippen MR) is 128 cm³/mol. The van der Waals surface area contributed by atoms with Crippen molar-refractivity contribution >= 4 is 39.2 Å². The summed E-state index contributed by atoms with van der Waals surface area (Å²) in [6.07, 6.45) is 7.74. The van der Waals surface area contributed by atoms with Crippen molar-refractivity contribution in [1.29, 1.82) is 10.5 Å². The van der Waals surface area contributed by atoms with E-state index >= 15 is 0 Å². The summed E-state index contributed by atoms with van der Waals surface area (Å²) in [6.45, 7) is 3.39. The van der Waals surface area contributed by atoms with Crippen LogP contribution in [0.2, 0.25) is 0 Å². The molecule has 1 amide bonds. The molecule has 2 aromatic heterocycles. The normalized spacial score (nSPS) is 12.5. The van der Waals surface area contributed by atoms with Crippen LogP contribution >= 0.6 is 23.1 Å². The molecule has 0 N–H and O–H groups in total. The molecular formula is C23H29N5O2S2. The number of aryl methyl sites for hydroxylation is 2. The summed E-state index contributed by atoms with van der Waals surface area (Å²) >= 11 is 2.90. The average molecular weight is 472 g/mol. The quantitative estimate of drug-likeness (QED) is 0.260. The fourth-order valence-corrected chi connectivity index (χ4v) is 6.24. The van der Waals surface area contributed by atoms with E-state index in [1.807, 2.05) is 0 Å². The van der Waals surface area contributed by atoms with Crippen molar-refractivity contribution in [2.45, 2.75) is 76.4 Å². The molecule has 7 nitrogen and oxygen atoms in total. The summed E-state index contributed by atoms with van der Waals surface area (Å²) in [4.78, 5) is 34.7. The third-order valence-corrected chi connectivity index (χ3v) is 7.84. The fraction of sp³-hybridized carbons (Fsp3) is 0.609. The summed E-state index contributed by atoms with van der Waals surface area (Å²) in [5, 5.41) is 19.1. The zero-order valence-corrected chi connectivity index (χ0v) is 20.2. The Balaban J connectivity index is 1.83. The van der Waals surface area contributed by atoms with Crippen molar-refractivity contribution in [3.8, 4) is 12.1 Å². The van der Waals surface area contributed by atoms with Gasteiger partial charge >= 0.3 is 0 Å². The molecule has 0 saturated heterocycles. The van der Waals surface area contributed by atoms with Gasteiger partial charge in [-0.15, -0.1) is 11.3 Å². The van der Waals surface area contributed by atoms with Crippen molar-refractivity contribution in [3.05, 3.63) is 20.8 Å². The number of rotatable bonds is 12. The summed E-state index contributed by atoms with van der Waals surface area (Å²) in [5.41, 5.74) is 1.20. The summed E-state index contributed by atoms with van der Waals surface area (Å²) in [6, 6.07) is 4.10. The molecule has 2 aromatic rings. The van der Waals surface area contributed by atoms with Gasteiger partial charge in [0.2, 0.25) is 5.91 Å². The number of thioether (sulfide) groups is 1. The molecule has 170 valence electrons. The van der Waals surface area contributed by atoms with E-state index < -0.39 is 0 Å². The number of hydrogen-bond acceptors (Lipinski definition) is 7. The maximum absolute atomic E-state index is 13.4. The number of fused-ring (bicyclic) bond motifs is 3. The van der Waals surface area contributed by atoms with E-state index in [1.165, 1.54) is 22.2 Å². The molecule has 2 heterocycles. The lowest BCUT2D eigenvalue weighted by atomic mass is 10.2. The van der Waals surface area contributed by atoms with Crippen molar-refractivity contribution in [2.75, 3.05) is 18.8 Å². The van der Waals surface area contributed by atoms with Crippen LogP contribution in [-0.4, -0.2) is 39.2 Å². The highest BCUT2D eigenvalue weighted by molar-refractivity contribution is 7.99. The average Bonchev–Trinajstić information content (AvgIpc) is 3.37. The van der Waals surface area contributed by atoms with Crippen molar-refractivity contribution < 1.29 is 4.79 Å². The SMILES string of the molecule is CCCCCCn1c(SCC(=O)N(CCC#N)CCC#N)nc2sc3c(c2c1=O)CCC3. The minimum atomic E-state index is -0.138. The van der Waals surface area contributed by atoms with Crippen LogP contribution in [0.5, 0.6) is 0 Å².